The van der Waals surface area contributed by atoms with Crippen LogP contribution < -0.4 is 0 Å². The van der Waals surface area contributed by atoms with Crippen molar-refractivity contribution in [3.63, 3.8) is 0 Å². The van der Waals surface area contributed by atoms with Crippen LogP contribution in [0.5, 0.6) is 0 Å². The molecule has 158 valence electrons. The number of benzene rings is 3. The van der Waals surface area contributed by atoms with Gasteiger partial charge in [-0.05, 0) is 48.5 Å². The highest BCUT2D eigenvalue weighted by molar-refractivity contribution is 6.49. The van der Waals surface area contributed by atoms with E-state index in [4.69, 9.17) is 0 Å². The number of esters is 2. The van der Waals surface area contributed by atoms with E-state index in [1.165, 1.54) is 44.6 Å². The average Bonchev–Trinajstić information content (AvgIpc) is 2.86. The summed E-state index contributed by atoms with van der Waals surface area (Å²) in [5.74, 6) is 3.44. The van der Waals surface area contributed by atoms with Gasteiger partial charge in [-0.1, -0.05) is 36.1 Å². The average molecular weight is 426 g/mol. The van der Waals surface area contributed by atoms with E-state index >= 15 is 0 Å². The molecule has 0 saturated carbocycles. The normalized spacial score (nSPS) is 9.81. The molecule has 0 N–H and O–H groups in total. The standard InChI is InChI=1S/C26H18O6/c1-31-25(29)20-11-8-17(9-12-20)7-10-18-5-3-4-6-22(18)24(28)23(27)19-13-15-21(16-14-19)26(30)32-2/h3-6,8-9,11-16H,1-2H3. The summed E-state index contributed by atoms with van der Waals surface area (Å²) in [6.45, 7) is 0. The molecule has 0 aliphatic carbocycles. The molecule has 3 rings (SSSR count). The topological polar surface area (TPSA) is 86.7 Å². The molecular weight excluding hydrogens is 408 g/mol. The van der Waals surface area contributed by atoms with Crippen LogP contribution in [0.25, 0.3) is 0 Å². The van der Waals surface area contributed by atoms with Crippen molar-refractivity contribution in [2.45, 2.75) is 0 Å². The number of hydrogen-bond acceptors (Lipinski definition) is 6. The molecule has 0 atom stereocenters. The molecule has 3 aromatic rings. The molecule has 0 aliphatic rings. The maximum atomic E-state index is 12.8. The summed E-state index contributed by atoms with van der Waals surface area (Å²) in [6, 6.07) is 18.7. The van der Waals surface area contributed by atoms with Crippen molar-refractivity contribution in [3.8, 4) is 11.8 Å². The molecule has 6 nitrogen and oxygen atoms in total. The number of rotatable bonds is 5. The molecule has 0 radical (unpaired) electrons. The summed E-state index contributed by atoms with van der Waals surface area (Å²) in [6.07, 6.45) is 0. The highest BCUT2D eigenvalue weighted by Gasteiger charge is 2.21. The van der Waals surface area contributed by atoms with Gasteiger partial charge >= 0.3 is 11.9 Å². The second-order valence-corrected chi connectivity index (χ2v) is 6.59. The Morgan fingerprint density at radius 1 is 0.594 bits per heavy atom. The number of ether oxygens (including phenoxy) is 2. The maximum absolute atomic E-state index is 12.8. The van der Waals surface area contributed by atoms with Gasteiger partial charge in [0.1, 0.15) is 0 Å². The molecule has 0 spiro atoms. The van der Waals surface area contributed by atoms with Gasteiger partial charge in [0.05, 0.1) is 25.3 Å². The lowest BCUT2D eigenvalue weighted by Crippen LogP contribution is -2.16. The van der Waals surface area contributed by atoms with E-state index in [2.05, 4.69) is 21.3 Å². The van der Waals surface area contributed by atoms with Crippen LogP contribution in [0.2, 0.25) is 0 Å². The Morgan fingerprint density at radius 3 is 1.66 bits per heavy atom. The number of methoxy groups -OCH3 is 2. The molecule has 6 heteroatoms. The lowest BCUT2D eigenvalue weighted by Gasteiger charge is -2.05. The molecule has 0 saturated heterocycles. The first-order valence-corrected chi connectivity index (χ1v) is 9.51. The lowest BCUT2D eigenvalue weighted by molar-refractivity contribution is 0.0592. The van der Waals surface area contributed by atoms with Crippen molar-refractivity contribution in [1.82, 2.24) is 0 Å². The number of ketones is 2. The van der Waals surface area contributed by atoms with Gasteiger partial charge in [0.25, 0.3) is 0 Å². The SMILES string of the molecule is COC(=O)c1ccc(C#Cc2ccccc2C(=O)C(=O)c2ccc(C(=O)OC)cc2)cc1. The molecule has 0 fully saturated rings. The third-order valence-corrected chi connectivity index (χ3v) is 4.59. The lowest BCUT2D eigenvalue weighted by atomic mass is 9.97. The summed E-state index contributed by atoms with van der Waals surface area (Å²) in [4.78, 5) is 48.6. The Balaban J connectivity index is 1.84. The minimum absolute atomic E-state index is 0.156. The van der Waals surface area contributed by atoms with E-state index in [0.29, 0.717) is 16.7 Å². The van der Waals surface area contributed by atoms with Gasteiger partial charge in [-0.3, -0.25) is 9.59 Å². The summed E-state index contributed by atoms with van der Waals surface area (Å²) < 4.78 is 9.29. The van der Waals surface area contributed by atoms with Crippen molar-refractivity contribution >= 4 is 23.5 Å². The Morgan fingerprint density at radius 2 is 1.09 bits per heavy atom. The number of carbonyl (C=O) groups excluding carboxylic acids is 4. The van der Waals surface area contributed by atoms with E-state index in [1.54, 1.807) is 42.5 Å². The minimum Gasteiger partial charge on any atom is -0.465 e. The molecule has 3 aromatic carbocycles. The maximum Gasteiger partial charge on any atom is 0.337 e. The summed E-state index contributed by atoms with van der Waals surface area (Å²) in [7, 11) is 2.56. The second-order valence-electron chi connectivity index (χ2n) is 6.59. The van der Waals surface area contributed by atoms with Crippen LogP contribution in [0.4, 0.5) is 0 Å². The van der Waals surface area contributed by atoms with Gasteiger partial charge in [0.2, 0.25) is 11.6 Å². The summed E-state index contributed by atoms with van der Waals surface area (Å²) >= 11 is 0. The third kappa shape index (κ3) is 4.97. The van der Waals surface area contributed by atoms with Gasteiger partial charge in [-0.2, -0.15) is 0 Å². The highest BCUT2D eigenvalue weighted by atomic mass is 16.5. The zero-order valence-electron chi connectivity index (χ0n) is 17.4. The monoisotopic (exact) mass is 426 g/mol. The predicted molar refractivity (Wildman–Crippen MR) is 117 cm³/mol. The van der Waals surface area contributed by atoms with Crippen LogP contribution in [0.15, 0.2) is 72.8 Å². The van der Waals surface area contributed by atoms with Gasteiger partial charge in [-0.15, -0.1) is 0 Å². The minimum atomic E-state index is -0.710. The Labute approximate surface area is 184 Å². The van der Waals surface area contributed by atoms with Crippen molar-refractivity contribution < 1.29 is 28.7 Å². The first-order valence-electron chi connectivity index (χ1n) is 9.51. The van der Waals surface area contributed by atoms with Gasteiger partial charge in [0.15, 0.2) is 0 Å². The fourth-order valence-corrected chi connectivity index (χ4v) is 2.87. The summed E-state index contributed by atoms with van der Waals surface area (Å²) in [5, 5.41) is 0. The van der Waals surface area contributed by atoms with Crippen LogP contribution in [0.3, 0.4) is 0 Å². The van der Waals surface area contributed by atoms with E-state index in [0.717, 1.165) is 0 Å². The largest absolute Gasteiger partial charge is 0.465 e. The second kappa shape index (κ2) is 10.0. The van der Waals surface area contributed by atoms with E-state index < -0.39 is 23.5 Å². The quantitative estimate of drug-likeness (QED) is 0.267. The van der Waals surface area contributed by atoms with E-state index in [9.17, 15) is 19.2 Å². The molecule has 0 amide bonds. The Hall–Kier alpha value is -4.50. The number of Topliss-reactive ketones (excluding diaryl/α,β-unsaturated/α-hetero) is 2. The number of carbonyl (C=O) groups is 4. The zero-order chi connectivity index (χ0) is 23.1. The molecule has 0 bridgehead atoms. The van der Waals surface area contributed by atoms with Crippen molar-refractivity contribution in [2.24, 2.45) is 0 Å². The molecule has 0 aliphatic heterocycles. The first-order chi connectivity index (χ1) is 15.4. The zero-order valence-corrected chi connectivity index (χ0v) is 17.4. The van der Waals surface area contributed by atoms with E-state index in [-0.39, 0.29) is 16.7 Å². The highest BCUT2D eigenvalue weighted by Crippen LogP contribution is 2.14. The van der Waals surface area contributed by atoms with Crippen molar-refractivity contribution in [2.75, 3.05) is 14.2 Å². The van der Waals surface area contributed by atoms with Crippen LogP contribution >= 0.6 is 0 Å². The fourth-order valence-electron chi connectivity index (χ4n) is 2.87. The first kappa shape index (κ1) is 22.2. The van der Waals surface area contributed by atoms with Crippen LogP contribution in [0, 0.1) is 11.8 Å². The van der Waals surface area contributed by atoms with Crippen LogP contribution in [-0.4, -0.2) is 37.7 Å². The third-order valence-electron chi connectivity index (χ3n) is 4.59. The smallest absolute Gasteiger partial charge is 0.337 e. The van der Waals surface area contributed by atoms with E-state index in [1.807, 2.05) is 0 Å². The molecule has 0 unspecified atom stereocenters. The molecule has 0 aromatic heterocycles. The molecular formula is C26H18O6. The predicted octanol–water partition coefficient (Wildman–Crippen LogP) is 3.73. The van der Waals surface area contributed by atoms with Gasteiger partial charge < -0.3 is 9.47 Å². The number of hydrogen-bond donors (Lipinski definition) is 0. The van der Waals surface area contributed by atoms with Gasteiger partial charge in [-0.25, -0.2) is 9.59 Å². The molecule has 32 heavy (non-hydrogen) atoms. The van der Waals surface area contributed by atoms with Gasteiger partial charge in [0, 0.05) is 22.3 Å². The van der Waals surface area contributed by atoms with Crippen LogP contribution in [0.1, 0.15) is 52.6 Å². The fraction of sp³-hybridized carbons (Fsp3) is 0.0769. The van der Waals surface area contributed by atoms with Crippen molar-refractivity contribution in [3.05, 3.63) is 106 Å². The molecule has 0 heterocycles. The Bertz CT molecular complexity index is 1240. The van der Waals surface area contributed by atoms with Crippen molar-refractivity contribution in [1.29, 1.82) is 0 Å². The Kier molecular flexibility index (Phi) is 6.94. The van der Waals surface area contributed by atoms with Crippen LogP contribution in [-0.2, 0) is 9.47 Å². The summed E-state index contributed by atoms with van der Waals surface area (Å²) in [5.41, 5.74) is 2.04.